The summed E-state index contributed by atoms with van der Waals surface area (Å²) in [6.07, 6.45) is 2.13. The molecule has 132 valence electrons. The molecule has 0 aromatic heterocycles. The average Bonchev–Trinajstić information content (AvgIpc) is 2.93. The molecular formula is C17H24N2O4S. The molecule has 1 amide bonds. The van der Waals surface area contributed by atoms with E-state index in [9.17, 15) is 13.2 Å². The predicted molar refractivity (Wildman–Crippen MR) is 91.8 cm³/mol. The molecule has 6 nitrogen and oxygen atoms in total. The highest BCUT2D eigenvalue weighted by Gasteiger charge is 2.36. The first-order valence-corrected chi connectivity index (χ1v) is 9.97. The number of carbonyl (C=O) groups excluding carboxylic acids is 1. The zero-order chi connectivity index (χ0) is 17.3. The van der Waals surface area contributed by atoms with Gasteiger partial charge >= 0.3 is 0 Å². The first kappa shape index (κ1) is 17.2. The Morgan fingerprint density at radius 3 is 2.46 bits per heavy atom. The fourth-order valence-electron chi connectivity index (χ4n) is 3.60. The number of carbonyl (C=O) groups is 1. The van der Waals surface area contributed by atoms with Crippen molar-refractivity contribution >= 4 is 15.9 Å². The first-order valence-electron chi connectivity index (χ1n) is 8.36. The second-order valence-electron chi connectivity index (χ2n) is 6.48. The number of hydrogen-bond acceptors (Lipinski definition) is 4. The van der Waals surface area contributed by atoms with Crippen LogP contribution in [0.15, 0.2) is 18.2 Å². The number of sulfonamides is 1. The molecule has 2 aliphatic rings. The molecule has 0 saturated carbocycles. The fraction of sp³-hybridized carbons (Fsp3) is 0.588. The van der Waals surface area contributed by atoms with Crippen molar-refractivity contribution in [3.8, 4) is 5.75 Å². The van der Waals surface area contributed by atoms with Crippen molar-refractivity contribution in [3.05, 3.63) is 29.3 Å². The third kappa shape index (κ3) is 3.28. The monoisotopic (exact) mass is 352 g/mol. The summed E-state index contributed by atoms with van der Waals surface area (Å²) in [6.45, 7) is 3.72. The lowest BCUT2D eigenvalue weighted by Crippen LogP contribution is -2.47. The van der Waals surface area contributed by atoms with Crippen molar-refractivity contribution in [2.24, 2.45) is 0 Å². The number of methoxy groups -OCH3 is 1. The van der Waals surface area contributed by atoms with Gasteiger partial charge in [0.25, 0.3) is 5.91 Å². The number of nitrogens with zero attached hydrogens (tertiary/aromatic N) is 2. The molecule has 0 aliphatic carbocycles. The van der Waals surface area contributed by atoms with E-state index in [4.69, 9.17) is 4.74 Å². The van der Waals surface area contributed by atoms with Gasteiger partial charge in [-0.05, 0) is 49.9 Å². The average molecular weight is 352 g/mol. The zero-order valence-electron chi connectivity index (χ0n) is 14.2. The Balaban J connectivity index is 1.65. The van der Waals surface area contributed by atoms with Crippen LogP contribution in [0.2, 0.25) is 0 Å². The second kappa shape index (κ2) is 6.72. The van der Waals surface area contributed by atoms with Gasteiger partial charge in [0.15, 0.2) is 0 Å². The van der Waals surface area contributed by atoms with Crippen LogP contribution in [0, 0.1) is 6.92 Å². The summed E-state index contributed by atoms with van der Waals surface area (Å²) in [4.78, 5) is 14.6. The van der Waals surface area contributed by atoms with Crippen LogP contribution >= 0.6 is 0 Å². The lowest BCUT2D eigenvalue weighted by molar-refractivity contribution is 0.0681. The summed E-state index contributed by atoms with van der Waals surface area (Å²) in [6, 6.07) is 5.49. The van der Waals surface area contributed by atoms with Crippen molar-refractivity contribution in [3.63, 3.8) is 0 Å². The highest BCUT2D eigenvalue weighted by atomic mass is 32.2. The number of amides is 1. The highest BCUT2D eigenvalue weighted by molar-refractivity contribution is 7.89. The number of hydrogen-bond donors (Lipinski definition) is 0. The molecule has 0 atom stereocenters. The van der Waals surface area contributed by atoms with Gasteiger partial charge in [0.2, 0.25) is 10.0 Å². The number of likely N-dealkylation sites (tertiary alicyclic amines) is 1. The van der Waals surface area contributed by atoms with Gasteiger partial charge in [-0.3, -0.25) is 4.79 Å². The molecule has 1 aromatic rings. The van der Waals surface area contributed by atoms with E-state index in [0.717, 1.165) is 11.3 Å². The Kier molecular flexibility index (Phi) is 4.83. The Bertz CT molecular complexity index is 724. The van der Waals surface area contributed by atoms with Crippen molar-refractivity contribution in [1.82, 2.24) is 9.21 Å². The van der Waals surface area contributed by atoms with Crippen molar-refractivity contribution in [2.75, 3.05) is 32.5 Å². The van der Waals surface area contributed by atoms with Crippen LogP contribution in [0.3, 0.4) is 0 Å². The summed E-state index contributed by atoms with van der Waals surface area (Å²) in [5, 5.41) is 0. The molecule has 0 spiro atoms. The molecular weight excluding hydrogens is 328 g/mol. The van der Waals surface area contributed by atoms with Crippen LogP contribution in [-0.2, 0) is 10.0 Å². The summed E-state index contributed by atoms with van der Waals surface area (Å²) < 4.78 is 30.9. The smallest absolute Gasteiger partial charge is 0.254 e. The van der Waals surface area contributed by atoms with Gasteiger partial charge in [-0.2, -0.15) is 4.31 Å². The van der Waals surface area contributed by atoms with Crippen LogP contribution in [0.4, 0.5) is 0 Å². The minimum atomic E-state index is -3.08. The van der Waals surface area contributed by atoms with Crippen molar-refractivity contribution in [2.45, 2.75) is 32.2 Å². The van der Waals surface area contributed by atoms with E-state index in [-0.39, 0.29) is 17.7 Å². The largest absolute Gasteiger partial charge is 0.497 e. The van der Waals surface area contributed by atoms with E-state index in [1.165, 1.54) is 0 Å². The van der Waals surface area contributed by atoms with Gasteiger partial charge in [-0.15, -0.1) is 0 Å². The van der Waals surface area contributed by atoms with Crippen LogP contribution in [-0.4, -0.2) is 62.1 Å². The normalized spacial score (nSPS) is 21.8. The quantitative estimate of drug-likeness (QED) is 0.829. The lowest BCUT2D eigenvalue weighted by atomic mass is 10.0. The highest BCUT2D eigenvalue weighted by Crippen LogP contribution is 2.26. The van der Waals surface area contributed by atoms with Crippen LogP contribution in [0.5, 0.6) is 5.75 Å². The number of rotatable bonds is 3. The summed E-state index contributed by atoms with van der Waals surface area (Å²) in [5.41, 5.74) is 1.58. The van der Waals surface area contributed by atoms with E-state index in [0.29, 0.717) is 44.5 Å². The van der Waals surface area contributed by atoms with E-state index >= 15 is 0 Å². The van der Waals surface area contributed by atoms with E-state index in [1.54, 1.807) is 23.5 Å². The van der Waals surface area contributed by atoms with Gasteiger partial charge in [-0.25, -0.2) is 8.42 Å². The molecule has 1 aromatic carbocycles. The first-order chi connectivity index (χ1) is 11.4. The zero-order valence-corrected chi connectivity index (χ0v) is 15.0. The molecule has 3 rings (SSSR count). The predicted octanol–water partition coefficient (Wildman–Crippen LogP) is 1.64. The SMILES string of the molecule is COc1ccc(C(=O)N2CCC(N3CCCS3(=O)=O)CC2)c(C)c1. The Hall–Kier alpha value is -1.60. The van der Waals surface area contributed by atoms with Crippen molar-refractivity contribution < 1.29 is 17.9 Å². The summed E-state index contributed by atoms with van der Waals surface area (Å²) in [7, 11) is -1.47. The van der Waals surface area contributed by atoms with Gasteiger partial charge in [0.05, 0.1) is 12.9 Å². The summed E-state index contributed by atoms with van der Waals surface area (Å²) >= 11 is 0. The minimum absolute atomic E-state index is 0.0119. The molecule has 0 radical (unpaired) electrons. The third-order valence-corrected chi connectivity index (χ3v) is 6.96. The number of aryl methyl sites for hydroxylation is 1. The van der Waals surface area contributed by atoms with Crippen LogP contribution < -0.4 is 4.74 Å². The fourth-order valence-corrected chi connectivity index (χ4v) is 5.40. The van der Waals surface area contributed by atoms with Crippen LogP contribution in [0.25, 0.3) is 0 Å². The maximum absolute atomic E-state index is 12.7. The lowest BCUT2D eigenvalue weighted by Gasteiger charge is -2.36. The van der Waals surface area contributed by atoms with Crippen molar-refractivity contribution in [1.29, 1.82) is 0 Å². The maximum atomic E-state index is 12.7. The number of ether oxygens (including phenoxy) is 1. The van der Waals surface area contributed by atoms with E-state index in [2.05, 4.69) is 0 Å². The van der Waals surface area contributed by atoms with Gasteiger partial charge in [-0.1, -0.05) is 0 Å². The molecule has 2 fully saturated rings. The molecule has 24 heavy (non-hydrogen) atoms. The van der Waals surface area contributed by atoms with Gasteiger partial charge in [0.1, 0.15) is 5.75 Å². The molecule has 0 bridgehead atoms. The Morgan fingerprint density at radius 2 is 1.92 bits per heavy atom. The molecule has 0 N–H and O–H groups in total. The van der Waals surface area contributed by atoms with Gasteiger partial charge < -0.3 is 9.64 Å². The van der Waals surface area contributed by atoms with Crippen LogP contribution in [0.1, 0.15) is 35.2 Å². The minimum Gasteiger partial charge on any atom is -0.497 e. The molecule has 2 aliphatic heterocycles. The Morgan fingerprint density at radius 1 is 1.21 bits per heavy atom. The summed E-state index contributed by atoms with van der Waals surface area (Å²) in [5.74, 6) is 1.01. The molecule has 7 heteroatoms. The molecule has 2 heterocycles. The number of benzene rings is 1. The topological polar surface area (TPSA) is 66.9 Å². The maximum Gasteiger partial charge on any atom is 0.254 e. The second-order valence-corrected chi connectivity index (χ2v) is 8.53. The number of piperidine rings is 1. The molecule has 2 saturated heterocycles. The van der Waals surface area contributed by atoms with E-state index in [1.807, 2.05) is 17.9 Å². The Labute approximate surface area is 143 Å². The standard InChI is InChI=1S/C17H24N2O4S/c1-13-12-15(23-2)4-5-16(13)17(20)18-9-6-14(7-10-18)19-8-3-11-24(19,21)22/h4-5,12,14H,3,6-11H2,1-2H3. The third-order valence-electron chi connectivity index (χ3n) is 4.96. The van der Waals surface area contributed by atoms with E-state index < -0.39 is 10.0 Å². The van der Waals surface area contributed by atoms with Gasteiger partial charge in [0, 0.05) is 31.2 Å². The molecule has 0 unspecified atom stereocenters.